The Morgan fingerprint density at radius 3 is 2.92 bits per heavy atom. The highest BCUT2D eigenvalue weighted by Gasteiger charge is 2.28. The Morgan fingerprint density at radius 1 is 1.46 bits per heavy atom. The molecule has 5 nitrogen and oxygen atoms in total. The second kappa shape index (κ2) is 8.47. The molecule has 2 heterocycles. The van der Waals surface area contributed by atoms with Gasteiger partial charge in [0.2, 0.25) is 5.91 Å². The number of fused-ring (bicyclic) bond motifs is 1. The number of hydrogen-bond donors (Lipinski definition) is 2. The summed E-state index contributed by atoms with van der Waals surface area (Å²) in [5, 5.41) is 5.04. The number of aromatic nitrogens is 2. The maximum absolute atomic E-state index is 11.9. The lowest BCUT2D eigenvalue weighted by Gasteiger charge is -2.11. The lowest BCUT2D eigenvalue weighted by atomic mass is 10.2. The number of rotatable bonds is 7. The maximum Gasteiger partial charge on any atom is 0.220 e. The molecule has 2 aromatic rings. The summed E-state index contributed by atoms with van der Waals surface area (Å²) in [5.74, 6) is 1.39. The van der Waals surface area contributed by atoms with E-state index in [0.717, 1.165) is 15.2 Å². The minimum Gasteiger partial charge on any atom is -0.355 e. The molecule has 1 saturated carbocycles. The van der Waals surface area contributed by atoms with E-state index in [9.17, 15) is 4.79 Å². The number of aryl methyl sites for hydroxylation is 2. The number of nitrogens with zero attached hydrogens (tertiary/aromatic N) is 2. The Bertz CT molecular complexity index is 717. The fourth-order valence-corrected chi connectivity index (χ4v) is 4.57. The molecule has 0 aromatic carbocycles. The molecule has 132 valence electrons. The average Bonchev–Trinajstić information content (AvgIpc) is 3.33. The van der Waals surface area contributed by atoms with Crippen LogP contribution in [0, 0.1) is 19.8 Å². The van der Waals surface area contributed by atoms with E-state index in [-0.39, 0.29) is 24.4 Å². The van der Waals surface area contributed by atoms with Crippen molar-refractivity contribution in [1.29, 1.82) is 0 Å². The molecule has 2 aromatic heterocycles. The summed E-state index contributed by atoms with van der Waals surface area (Å²) in [4.78, 5) is 22.9. The largest absolute Gasteiger partial charge is 0.355 e. The molecule has 0 saturated heterocycles. The SMILES string of the molecule is Cc1sc2ncnc(SCCC(=O)NCC(N)C3CC3)c2c1C.Cl. The van der Waals surface area contributed by atoms with Crippen LogP contribution in [-0.2, 0) is 4.79 Å². The quantitative estimate of drug-likeness (QED) is 0.564. The summed E-state index contributed by atoms with van der Waals surface area (Å²) in [6.45, 7) is 4.80. The van der Waals surface area contributed by atoms with Crippen LogP contribution in [0.15, 0.2) is 11.4 Å². The van der Waals surface area contributed by atoms with Crippen molar-refractivity contribution in [3.63, 3.8) is 0 Å². The predicted octanol–water partition coefficient (Wildman–Crippen LogP) is 3.07. The van der Waals surface area contributed by atoms with Crippen LogP contribution in [0.4, 0.5) is 0 Å². The van der Waals surface area contributed by atoms with Gasteiger partial charge in [0, 0.05) is 35.0 Å². The number of thioether (sulfide) groups is 1. The molecule has 1 amide bonds. The Hall–Kier alpha value is -0.890. The van der Waals surface area contributed by atoms with Gasteiger partial charge in [0.1, 0.15) is 16.2 Å². The molecule has 24 heavy (non-hydrogen) atoms. The van der Waals surface area contributed by atoms with Crippen molar-refractivity contribution < 1.29 is 4.79 Å². The number of hydrogen-bond acceptors (Lipinski definition) is 6. The molecule has 3 rings (SSSR count). The minimum atomic E-state index is 0. The number of carbonyl (C=O) groups excluding carboxylic acids is 1. The van der Waals surface area contributed by atoms with Crippen LogP contribution < -0.4 is 11.1 Å². The van der Waals surface area contributed by atoms with Crippen molar-refractivity contribution in [2.24, 2.45) is 11.7 Å². The first kappa shape index (κ1) is 19.4. The molecule has 1 aliphatic carbocycles. The van der Waals surface area contributed by atoms with Crippen molar-refractivity contribution in [3.05, 3.63) is 16.8 Å². The van der Waals surface area contributed by atoms with Crippen LogP contribution in [0.1, 0.15) is 29.7 Å². The molecule has 0 bridgehead atoms. The van der Waals surface area contributed by atoms with Gasteiger partial charge in [-0.2, -0.15) is 0 Å². The van der Waals surface area contributed by atoms with Crippen LogP contribution >= 0.6 is 35.5 Å². The van der Waals surface area contributed by atoms with Gasteiger partial charge in [-0.05, 0) is 38.2 Å². The van der Waals surface area contributed by atoms with E-state index < -0.39 is 0 Å². The van der Waals surface area contributed by atoms with E-state index in [1.165, 1.54) is 23.3 Å². The van der Waals surface area contributed by atoms with E-state index in [1.54, 1.807) is 29.4 Å². The molecule has 1 unspecified atom stereocenters. The lowest BCUT2D eigenvalue weighted by Crippen LogP contribution is -2.38. The van der Waals surface area contributed by atoms with Crippen molar-refractivity contribution in [2.45, 2.75) is 44.2 Å². The first-order chi connectivity index (χ1) is 11.1. The smallest absolute Gasteiger partial charge is 0.220 e. The van der Waals surface area contributed by atoms with Gasteiger partial charge in [-0.3, -0.25) is 4.79 Å². The van der Waals surface area contributed by atoms with Gasteiger partial charge in [0.15, 0.2) is 0 Å². The molecule has 0 spiro atoms. The Balaban J connectivity index is 0.00000208. The third-order valence-electron chi connectivity index (χ3n) is 4.26. The van der Waals surface area contributed by atoms with Crippen molar-refractivity contribution >= 4 is 51.6 Å². The van der Waals surface area contributed by atoms with Crippen LogP contribution in [-0.4, -0.2) is 34.2 Å². The second-order valence-electron chi connectivity index (χ2n) is 6.05. The molecule has 0 aliphatic heterocycles. The standard InChI is InChI=1S/C16H22N4OS2.ClH/c1-9-10(2)23-16-14(9)15(19-8-20-16)22-6-5-13(21)18-7-12(17)11-3-4-11;/h8,11-12H,3-7,17H2,1-2H3,(H,18,21);1H. The van der Waals surface area contributed by atoms with Crippen LogP contribution in [0.2, 0.25) is 0 Å². The summed E-state index contributed by atoms with van der Waals surface area (Å²) in [6.07, 6.45) is 4.50. The summed E-state index contributed by atoms with van der Waals surface area (Å²) in [7, 11) is 0. The van der Waals surface area contributed by atoms with Gasteiger partial charge in [-0.25, -0.2) is 9.97 Å². The maximum atomic E-state index is 11.9. The highest BCUT2D eigenvalue weighted by Crippen LogP contribution is 2.34. The van der Waals surface area contributed by atoms with E-state index >= 15 is 0 Å². The number of thiophene rings is 1. The zero-order valence-electron chi connectivity index (χ0n) is 13.9. The Morgan fingerprint density at radius 2 is 2.21 bits per heavy atom. The van der Waals surface area contributed by atoms with E-state index in [2.05, 4.69) is 29.1 Å². The first-order valence-electron chi connectivity index (χ1n) is 7.92. The number of halogens is 1. The van der Waals surface area contributed by atoms with E-state index in [0.29, 0.717) is 24.6 Å². The lowest BCUT2D eigenvalue weighted by molar-refractivity contribution is -0.120. The van der Waals surface area contributed by atoms with Gasteiger partial charge in [0.25, 0.3) is 0 Å². The minimum absolute atomic E-state index is 0. The molecule has 0 radical (unpaired) electrons. The zero-order chi connectivity index (χ0) is 16.4. The number of nitrogens with one attached hydrogen (secondary N) is 1. The van der Waals surface area contributed by atoms with Crippen molar-refractivity contribution in [2.75, 3.05) is 12.3 Å². The topological polar surface area (TPSA) is 80.9 Å². The van der Waals surface area contributed by atoms with Gasteiger partial charge in [0.05, 0.1) is 0 Å². The second-order valence-corrected chi connectivity index (χ2v) is 8.33. The zero-order valence-corrected chi connectivity index (χ0v) is 16.3. The van der Waals surface area contributed by atoms with E-state index in [1.807, 2.05) is 0 Å². The van der Waals surface area contributed by atoms with E-state index in [4.69, 9.17) is 5.73 Å². The fraction of sp³-hybridized carbons (Fsp3) is 0.562. The molecular weight excluding hydrogens is 364 g/mol. The van der Waals surface area contributed by atoms with Gasteiger partial charge >= 0.3 is 0 Å². The normalized spacial score (nSPS) is 15.1. The molecular formula is C16H23ClN4OS2. The first-order valence-corrected chi connectivity index (χ1v) is 9.72. The Labute approximate surface area is 156 Å². The highest BCUT2D eigenvalue weighted by molar-refractivity contribution is 7.99. The fourth-order valence-electron chi connectivity index (χ4n) is 2.51. The summed E-state index contributed by atoms with van der Waals surface area (Å²) >= 11 is 3.32. The third kappa shape index (κ3) is 4.59. The predicted molar refractivity (Wildman–Crippen MR) is 103 cm³/mol. The highest BCUT2D eigenvalue weighted by atomic mass is 35.5. The monoisotopic (exact) mass is 386 g/mol. The summed E-state index contributed by atoms with van der Waals surface area (Å²) in [6, 6.07) is 0.115. The Kier molecular flexibility index (Phi) is 6.86. The van der Waals surface area contributed by atoms with Crippen LogP contribution in [0.25, 0.3) is 10.2 Å². The van der Waals surface area contributed by atoms with Gasteiger partial charge < -0.3 is 11.1 Å². The van der Waals surface area contributed by atoms with Crippen molar-refractivity contribution in [1.82, 2.24) is 15.3 Å². The molecule has 1 fully saturated rings. The summed E-state index contributed by atoms with van der Waals surface area (Å²) < 4.78 is 0. The molecule has 1 aliphatic rings. The molecule has 3 N–H and O–H groups in total. The number of carbonyl (C=O) groups is 1. The van der Waals surface area contributed by atoms with Crippen molar-refractivity contribution in [3.8, 4) is 0 Å². The van der Waals surface area contributed by atoms with Crippen LogP contribution in [0.5, 0.6) is 0 Å². The summed E-state index contributed by atoms with van der Waals surface area (Å²) in [5.41, 5.74) is 7.24. The van der Waals surface area contributed by atoms with Gasteiger partial charge in [-0.1, -0.05) is 0 Å². The average molecular weight is 387 g/mol. The van der Waals surface area contributed by atoms with Crippen LogP contribution in [0.3, 0.4) is 0 Å². The number of amides is 1. The molecule has 8 heteroatoms. The third-order valence-corrected chi connectivity index (χ3v) is 6.37. The van der Waals surface area contributed by atoms with Gasteiger partial charge in [-0.15, -0.1) is 35.5 Å². The number of nitrogens with two attached hydrogens (primary N) is 1. The molecule has 1 atom stereocenters.